The third kappa shape index (κ3) is 5.69. The lowest BCUT2D eigenvalue weighted by atomic mass is 10.0. The molecule has 5 heterocycles. The molecule has 0 radical (unpaired) electrons. The molecule has 1 fully saturated rings. The molecule has 1 saturated heterocycles. The van der Waals surface area contributed by atoms with Crippen molar-refractivity contribution in [3.05, 3.63) is 67.4 Å². The molecule has 0 bridgehead atoms. The lowest BCUT2D eigenvalue weighted by molar-refractivity contribution is 0.204. The normalized spacial score (nSPS) is 14.7. The van der Waals surface area contributed by atoms with E-state index in [0.717, 1.165) is 60.0 Å². The summed E-state index contributed by atoms with van der Waals surface area (Å²) < 4.78 is 17.1. The average molecular weight is 567 g/mol. The molecule has 5 aromatic rings. The van der Waals surface area contributed by atoms with E-state index in [1.165, 1.54) is 5.69 Å². The number of hydrogen-bond donors (Lipinski definition) is 2. The number of benzene rings is 1. The van der Waals surface area contributed by atoms with Gasteiger partial charge in [-0.05, 0) is 35.7 Å². The summed E-state index contributed by atoms with van der Waals surface area (Å²) >= 11 is 0. The summed E-state index contributed by atoms with van der Waals surface area (Å²) in [7, 11) is 3.21. The summed E-state index contributed by atoms with van der Waals surface area (Å²) in [6, 6.07) is 11.6. The first-order chi connectivity index (χ1) is 20.5. The Bertz CT molecular complexity index is 1690. The molecule has 42 heavy (non-hydrogen) atoms. The van der Waals surface area contributed by atoms with E-state index in [-0.39, 0.29) is 6.04 Å². The van der Waals surface area contributed by atoms with Gasteiger partial charge >= 0.3 is 0 Å². The molecule has 11 heteroatoms. The minimum Gasteiger partial charge on any atom is -0.493 e. The summed E-state index contributed by atoms with van der Waals surface area (Å²) in [5, 5.41) is 2.54. The predicted octanol–water partition coefficient (Wildman–Crippen LogP) is 3.37. The van der Waals surface area contributed by atoms with Crippen LogP contribution in [0.25, 0.3) is 32.9 Å². The Balaban J connectivity index is 1.15. The minimum absolute atomic E-state index is 0.138. The van der Waals surface area contributed by atoms with Crippen molar-refractivity contribution in [2.24, 2.45) is 5.73 Å². The predicted molar refractivity (Wildman–Crippen MR) is 164 cm³/mol. The van der Waals surface area contributed by atoms with Gasteiger partial charge in [-0.2, -0.15) is 0 Å². The van der Waals surface area contributed by atoms with Gasteiger partial charge in [0.25, 0.3) is 0 Å². The molecule has 6 rings (SSSR count). The fraction of sp³-hybridized carbons (Fsp3) is 0.290. The van der Waals surface area contributed by atoms with Gasteiger partial charge in [-0.3, -0.25) is 19.9 Å². The van der Waals surface area contributed by atoms with Gasteiger partial charge in [0, 0.05) is 85.6 Å². The first-order valence-corrected chi connectivity index (χ1v) is 13.8. The Kier molecular flexibility index (Phi) is 7.85. The van der Waals surface area contributed by atoms with Crippen LogP contribution >= 0.6 is 0 Å². The fourth-order valence-electron chi connectivity index (χ4n) is 5.37. The monoisotopic (exact) mass is 566 g/mol. The fourth-order valence-corrected chi connectivity index (χ4v) is 5.37. The highest BCUT2D eigenvalue weighted by molar-refractivity contribution is 6.10. The maximum Gasteiger partial charge on any atom is 0.162 e. The van der Waals surface area contributed by atoms with Gasteiger partial charge in [0.2, 0.25) is 0 Å². The second-order valence-electron chi connectivity index (χ2n) is 10.3. The first kappa shape index (κ1) is 27.4. The van der Waals surface area contributed by atoms with E-state index in [1.807, 2.05) is 48.8 Å². The summed E-state index contributed by atoms with van der Waals surface area (Å²) in [6.45, 7) is 4.94. The number of nitrogens with zero attached hydrogens (tertiary/aromatic N) is 6. The van der Waals surface area contributed by atoms with Crippen LogP contribution in [0.1, 0.15) is 0 Å². The highest BCUT2D eigenvalue weighted by atomic mass is 16.5. The zero-order valence-electron chi connectivity index (χ0n) is 23.7. The van der Waals surface area contributed by atoms with Gasteiger partial charge in [0.15, 0.2) is 11.5 Å². The van der Waals surface area contributed by atoms with Crippen LogP contribution in [0, 0.1) is 0 Å². The third-order valence-corrected chi connectivity index (χ3v) is 7.58. The number of pyridine rings is 4. The molecule has 0 unspecified atom stereocenters. The summed E-state index contributed by atoms with van der Waals surface area (Å²) in [6.07, 6.45) is 8.82. The van der Waals surface area contributed by atoms with Gasteiger partial charge in [-0.1, -0.05) is 0 Å². The molecule has 1 aliphatic heterocycles. The van der Waals surface area contributed by atoms with Crippen LogP contribution in [0.5, 0.6) is 17.2 Å². The van der Waals surface area contributed by atoms with Crippen molar-refractivity contribution >= 4 is 33.2 Å². The third-order valence-electron chi connectivity index (χ3n) is 7.58. The summed E-state index contributed by atoms with van der Waals surface area (Å²) in [5.41, 5.74) is 16.3. The van der Waals surface area contributed by atoms with Crippen molar-refractivity contribution < 1.29 is 14.2 Å². The SMILES string of the molecule is COc1cc2ncc3c(N)nc(-c4cncc(OC[C@@H](N)CN5CCN(c6ccncc6)CC5)c4)cc3c2cc1OC. The quantitative estimate of drug-likeness (QED) is 0.254. The van der Waals surface area contributed by atoms with Crippen LogP contribution in [0.3, 0.4) is 0 Å². The second-order valence-corrected chi connectivity index (χ2v) is 10.3. The second kappa shape index (κ2) is 12.0. The Morgan fingerprint density at radius 2 is 1.62 bits per heavy atom. The van der Waals surface area contributed by atoms with E-state index in [9.17, 15) is 0 Å². The molecule has 216 valence electrons. The zero-order chi connectivity index (χ0) is 29.1. The lowest BCUT2D eigenvalue weighted by Gasteiger charge is -2.37. The molecule has 0 spiro atoms. The molecule has 11 nitrogen and oxygen atoms in total. The van der Waals surface area contributed by atoms with E-state index in [4.69, 9.17) is 25.7 Å². The first-order valence-electron chi connectivity index (χ1n) is 13.8. The number of nitrogens with two attached hydrogens (primary N) is 2. The van der Waals surface area contributed by atoms with Crippen molar-refractivity contribution in [3.8, 4) is 28.5 Å². The highest BCUT2D eigenvalue weighted by Crippen LogP contribution is 2.37. The molecule has 0 aliphatic carbocycles. The van der Waals surface area contributed by atoms with Crippen molar-refractivity contribution in [2.75, 3.05) is 64.2 Å². The average Bonchev–Trinajstić information content (AvgIpc) is 3.03. The van der Waals surface area contributed by atoms with Crippen LogP contribution in [0.15, 0.2) is 67.4 Å². The molecule has 0 amide bonds. The van der Waals surface area contributed by atoms with Crippen LogP contribution in [0.2, 0.25) is 0 Å². The molecule has 0 saturated carbocycles. The minimum atomic E-state index is -0.138. The lowest BCUT2D eigenvalue weighted by Crippen LogP contribution is -2.51. The molecule has 1 aliphatic rings. The van der Waals surface area contributed by atoms with E-state index in [1.54, 1.807) is 32.8 Å². The Morgan fingerprint density at radius 3 is 2.38 bits per heavy atom. The number of piperazine rings is 1. The Hall–Kier alpha value is -4.74. The van der Waals surface area contributed by atoms with Gasteiger partial charge < -0.3 is 30.6 Å². The van der Waals surface area contributed by atoms with Crippen molar-refractivity contribution in [2.45, 2.75) is 6.04 Å². The van der Waals surface area contributed by atoms with Crippen LogP contribution in [-0.4, -0.2) is 84.4 Å². The summed E-state index contributed by atoms with van der Waals surface area (Å²) in [4.78, 5) is 22.5. The van der Waals surface area contributed by atoms with Gasteiger partial charge in [0.1, 0.15) is 18.2 Å². The molecule has 1 aromatic carbocycles. The maximum absolute atomic E-state index is 6.46. The van der Waals surface area contributed by atoms with E-state index >= 15 is 0 Å². The van der Waals surface area contributed by atoms with Crippen molar-refractivity contribution in [1.29, 1.82) is 0 Å². The highest BCUT2D eigenvalue weighted by Gasteiger charge is 2.20. The van der Waals surface area contributed by atoms with Crippen LogP contribution in [0.4, 0.5) is 11.5 Å². The van der Waals surface area contributed by atoms with E-state index in [0.29, 0.717) is 35.4 Å². The zero-order valence-corrected chi connectivity index (χ0v) is 23.7. The Labute approximate surface area is 244 Å². The summed E-state index contributed by atoms with van der Waals surface area (Å²) in [5.74, 6) is 2.22. The number of nitrogen functional groups attached to an aromatic ring is 1. The number of anilines is 2. The van der Waals surface area contributed by atoms with Crippen LogP contribution < -0.4 is 30.6 Å². The largest absolute Gasteiger partial charge is 0.493 e. The number of ether oxygens (including phenoxy) is 3. The number of aromatic nitrogens is 4. The molecule has 4 N–H and O–H groups in total. The molecule has 1 atom stereocenters. The van der Waals surface area contributed by atoms with Crippen molar-refractivity contribution in [3.63, 3.8) is 0 Å². The molecular weight excluding hydrogens is 532 g/mol. The smallest absolute Gasteiger partial charge is 0.162 e. The number of hydrogen-bond acceptors (Lipinski definition) is 11. The molecular formula is C31H34N8O3. The number of rotatable bonds is 9. The van der Waals surface area contributed by atoms with E-state index in [2.05, 4.69) is 29.7 Å². The topological polar surface area (TPSA) is 138 Å². The number of methoxy groups -OCH3 is 2. The Morgan fingerprint density at radius 1 is 0.857 bits per heavy atom. The van der Waals surface area contributed by atoms with Crippen LogP contribution in [-0.2, 0) is 0 Å². The van der Waals surface area contributed by atoms with E-state index < -0.39 is 0 Å². The number of fused-ring (bicyclic) bond motifs is 3. The molecule has 4 aromatic heterocycles. The van der Waals surface area contributed by atoms with Gasteiger partial charge in [0.05, 0.1) is 37.7 Å². The van der Waals surface area contributed by atoms with Gasteiger partial charge in [-0.15, -0.1) is 0 Å². The van der Waals surface area contributed by atoms with Gasteiger partial charge in [-0.25, -0.2) is 4.98 Å². The standard InChI is InChI=1S/C31H34N8O3/c1-40-29-13-25-24-12-27(37-31(33)26(24)17-36-28(25)14-30(29)41-2)20-11-23(16-35-15-20)42-19-21(32)18-38-7-9-39(10-8-38)22-3-5-34-6-4-22/h3-6,11-17,21H,7-10,18-19,32H2,1-2H3,(H2,33,37)/t21-/m0/s1. The maximum atomic E-state index is 6.46. The van der Waals surface area contributed by atoms with Crippen molar-refractivity contribution in [1.82, 2.24) is 24.8 Å².